The third kappa shape index (κ3) is 3.51. The second-order valence-electron chi connectivity index (χ2n) is 11.6. The Hall–Kier alpha value is -2.75. The molecule has 0 bridgehead atoms. The zero-order valence-corrected chi connectivity index (χ0v) is 21.2. The van der Waals surface area contributed by atoms with Crippen molar-refractivity contribution in [1.82, 2.24) is 9.55 Å². The molecule has 0 aliphatic heterocycles. The van der Waals surface area contributed by atoms with Crippen molar-refractivity contribution >= 4 is 11.6 Å². The molecule has 1 heterocycles. The van der Waals surface area contributed by atoms with Crippen LogP contribution in [0.15, 0.2) is 65.8 Å². The summed E-state index contributed by atoms with van der Waals surface area (Å²) in [7, 11) is 0. The highest BCUT2D eigenvalue weighted by molar-refractivity contribution is 5.93. The summed E-state index contributed by atoms with van der Waals surface area (Å²) in [5.41, 5.74) is 6.87. The number of fused-ring (bicyclic) bond motifs is 4. The number of nitrogens with zero attached hydrogens (tertiary/aromatic N) is 2. The average molecular weight is 469 g/mol. The first kappa shape index (κ1) is 22.7. The summed E-state index contributed by atoms with van der Waals surface area (Å²) in [6.07, 6.45) is 14.5. The SMILES string of the molecule is CC[C@@H]1CC2C3CCC4=CC(=O)CCC4=C3[C@@H](c3ccc(-n4ccnc4)cc3)C[C@]2(C)[C@H]1C(C)=O. The smallest absolute Gasteiger partial charge is 0.156 e. The monoisotopic (exact) mass is 468 g/mol. The van der Waals surface area contributed by atoms with Crippen LogP contribution in [0.2, 0.25) is 0 Å². The van der Waals surface area contributed by atoms with Gasteiger partial charge in [-0.3, -0.25) is 9.59 Å². The number of imidazole rings is 1. The first-order valence-electron chi connectivity index (χ1n) is 13.5. The lowest BCUT2D eigenvalue weighted by Crippen LogP contribution is -2.45. The first-order valence-corrected chi connectivity index (χ1v) is 13.5. The molecule has 4 heteroatoms. The molecule has 0 N–H and O–H groups in total. The highest BCUT2D eigenvalue weighted by Crippen LogP contribution is 2.67. The van der Waals surface area contributed by atoms with E-state index in [-0.39, 0.29) is 17.1 Å². The zero-order valence-electron chi connectivity index (χ0n) is 21.2. The van der Waals surface area contributed by atoms with Gasteiger partial charge in [-0.15, -0.1) is 0 Å². The molecule has 35 heavy (non-hydrogen) atoms. The predicted molar refractivity (Wildman–Crippen MR) is 137 cm³/mol. The van der Waals surface area contributed by atoms with Gasteiger partial charge in [0.1, 0.15) is 5.78 Å². The van der Waals surface area contributed by atoms with Crippen molar-refractivity contribution in [2.45, 2.75) is 71.6 Å². The van der Waals surface area contributed by atoms with Gasteiger partial charge in [-0.25, -0.2) is 4.98 Å². The van der Waals surface area contributed by atoms with E-state index in [0.717, 1.165) is 37.8 Å². The molecule has 6 atom stereocenters. The molecule has 2 saturated carbocycles. The Labute approximate surface area is 208 Å². The number of rotatable bonds is 4. The molecule has 1 aromatic carbocycles. The van der Waals surface area contributed by atoms with Crippen molar-refractivity contribution in [2.75, 3.05) is 0 Å². The lowest BCUT2D eigenvalue weighted by atomic mass is 9.51. The minimum absolute atomic E-state index is 0.0284. The van der Waals surface area contributed by atoms with E-state index in [1.54, 1.807) is 11.8 Å². The van der Waals surface area contributed by atoms with E-state index >= 15 is 0 Å². The maximum absolute atomic E-state index is 13.1. The summed E-state index contributed by atoms with van der Waals surface area (Å²) in [5.74, 6) is 2.69. The van der Waals surface area contributed by atoms with Gasteiger partial charge in [0.15, 0.2) is 5.78 Å². The normalized spacial score (nSPS) is 34.2. The number of allylic oxidation sites excluding steroid dienone is 4. The minimum Gasteiger partial charge on any atom is -0.306 e. The van der Waals surface area contributed by atoms with Crippen LogP contribution < -0.4 is 0 Å². The molecule has 4 aliphatic rings. The molecule has 0 spiro atoms. The number of ketones is 2. The Kier molecular flexibility index (Phi) is 5.47. The third-order valence-electron chi connectivity index (χ3n) is 9.97. The molecule has 0 amide bonds. The van der Waals surface area contributed by atoms with Gasteiger partial charge in [0.25, 0.3) is 0 Å². The number of carbonyl (C=O) groups excluding carboxylic acids is 2. The minimum atomic E-state index is 0.0284. The molecule has 2 fully saturated rings. The largest absolute Gasteiger partial charge is 0.306 e. The van der Waals surface area contributed by atoms with Crippen molar-refractivity contribution in [2.24, 2.45) is 29.1 Å². The number of Topliss-reactive ketones (excluding diaryl/α,β-unsaturated/α-hetero) is 1. The Morgan fingerprint density at radius 2 is 1.97 bits per heavy atom. The summed E-state index contributed by atoms with van der Waals surface area (Å²) >= 11 is 0. The highest BCUT2D eigenvalue weighted by Gasteiger charge is 2.60. The van der Waals surface area contributed by atoms with Crippen molar-refractivity contribution in [1.29, 1.82) is 0 Å². The zero-order chi connectivity index (χ0) is 24.3. The predicted octanol–water partition coefficient (Wildman–Crippen LogP) is 6.61. The van der Waals surface area contributed by atoms with Gasteiger partial charge >= 0.3 is 0 Å². The number of benzene rings is 1. The number of hydrogen-bond acceptors (Lipinski definition) is 3. The van der Waals surface area contributed by atoms with Gasteiger partial charge in [0, 0.05) is 36.3 Å². The second-order valence-corrected chi connectivity index (χ2v) is 11.6. The van der Waals surface area contributed by atoms with Crippen molar-refractivity contribution in [3.63, 3.8) is 0 Å². The third-order valence-corrected chi connectivity index (χ3v) is 9.97. The van der Waals surface area contributed by atoms with Crippen LogP contribution in [-0.4, -0.2) is 21.1 Å². The second kappa shape index (κ2) is 8.43. The Morgan fingerprint density at radius 1 is 1.17 bits per heavy atom. The van der Waals surface area contributed by atoms with Gasteiger partial charge in [0.2, 0.25) is 0 Å². The van der Waals surface area contributed by atoms with Crippen molar-refractivity contribution in [3.05, 3.63) is 71.3 Å². The summed E-state index contributed by atoms with van der Waals surface area (Å²) in [5, 5.41) is 0. The van der Waals surface area contributed by atoms with Gasteiger partial charge in [-0.1, -0.05) is 38.0 Å². The molecule has 0 radical (unpaired) electrons. The van der Waals surface area contributed by atoms with Gasteiger partial charge in [0.05, 0.1) is 6.33 Å². The maximum Gasteiger partial charge on any atom is 0.156 e. The van der Waals surface area contributed by atoms with E-state index in [0.29, 0.717) is 35.9 Å². The lowest BCUT2D eigenvalue weighted by molar-refractivity contribution is -0.126. The van der Waals surface area contributed by atoms with Crippen LogP contribution >= 0.6 is 0 Å². The van der Waals surface area contributed by atoms with Crippen LogP contribution in [-0.2, 0) is 9.59 Å². The van der Waals surface area contributed by atoms with Gasteiger partial charge in [-0.2, -0.15) is 0 Å². The summed E-state index contributed by atoms with van der Waals surface area (Å²) in [6.45, 7) is 6.53. The molecule has 4 nitrogen and oxygen atoms in total. The molecule has 2 aromatic rings. The van der Waals surface area contributed by atoms with E-state index < -0.39 is 0 Å². The highest BCUT2D eigenvalue weighted by atomic mass is 16.1. The van der Waals surface area contributed by atoms with Gasteiger partial charge in [-0.05, 0) is 97.1 Å². The fourth-order valence-electron chi connectivity index (χ4n) is 8.63. The first-order chi connectivity index (χ1) is 16.9. The van der Waals surface area contributed by atoms with E-state index in [4.69, 9.17) is 0 Å². The van der Waals surface area contributed by atoms with Crippen LogP contribution in [0, 0.1) is 29.1 Å². The topological polar surface area (TPSA) is 52.0 Å². The molecular weight excluding hydrogens is 432 g/mol. The summed E-state index contributed by atoms with van der Waals surface area (Å²) in [4.78, 5) is 29.5. The number of hydrogen-bond donors (Lipinski definition) is 0. The van der Waals surface area contributed by atoms with Crippen LogP contribution in [0.5, 0.6) is 0 Å². The van der Waals surface area contributed by atoms with Crippen LogP contribution in [0.3, 0.4) is 0 Å². The van der Waals surface area contributed by atoms with Crippen LogP contribution in [0.25, 0.3) is 5.69 Å². The van der Waals surface area contributed by atoms with Crippen LogP contribution in [0.1, 0.15) is 77.2 Å². The number of carbonyl (C=O) groups is 2. The van der Waals surface area contributed by atoms with Crippen molar-refractivity contribution < 1.29 is 9.59 Å². The molecule has 4 aliphatic carbocycles. The number of aromatic nitrogens is 2. The molecule has 6 rings (SSSR count). The quantitative estimate of drug-likeness (QED) is 0.507. The van der Waals surface area contributed by atoms with E-state index in [2.05, 4.69) is 43.1 Å². The van der Waals surface area contributed by atoms with E-state index in [9.17, 15) is 9.59 Å². The molecule has 182 valence electrons. The lowest BCUT2D eigenvalue weighted by Gasteiger charge is -2.52. The Morgan fingerprint density at radius 3 is 2.66 bits per heavy atom. The van der Waals surface area contributed by atoms with Crippen LogP contribution in [0.4, 0.5) is 0 Å². The average Bonchev–Trinajstić information content (AvgIpc) is 3.49. The molecule has 2 unspecified atom stereocenters. The summed E-state index contributed by atoms with van der Waals surface area (Å²) in [6, 6.07) is 8.97. The Balaban J connectivity index is 1.49. The van der Waals surface area contributed by atoms with Gasteiger partial charge < -0.3 is 4.57 Å². The van der Waals surface area contributed by atoms with Crippen molar-refractivity contribution in [3.8, 4) is 5.69 Å². The van der Waals surface area contributed by atoms with E-state index in [1.165, 1.54) is 23.1 Å². The maximum atomic E-state index is 13.1. The molecule has 0 saturated heterocycles. The Bertz CT molecular complexity index is 1220. The van der Waals surface area contributed by atoms with E-state index in [1.807, 2.05) is 30.1 Å². The fraction of sp³-hybridized carbons (Fsp3) is 0.516. The fourth-order valence-corrected chi connectivity index (χ4v) is 8.63. The molecular formula is C31H36N2O2. The standard InChI is InChI=1S/C31H36N2O2/c1-4-20-16-28-26-11-7-22-15-24(35)10-12-25(22)29(26)27(17-31(28,3)30(20)19(2)34)21-5-8-23(9-6-21)33-14-13-32-18-33/h5-6,8-9,13-15,18,20,26-28,30H,4,7,10-12,16-17H2,1-3H3/t20-,26?,27-,28?,30+,31+/m1/s1. The summed E-state index contributed by atoms with van der Waals surface area (Å²) < 4.78 is 2.04. The molecule has 1 aromatic heterocycles.